The van der Waals surface area contributed by atoms with Gasteiger partial charge in [0.1, 0.15) is 5.82 Å². The third-order valence-corrected chi connectivity index (χ3v) is 5.43. The van der Waals surface area contributed by atoms with E-state index in [0.717, 1.165) is 50.5 Å². The van der Waals surface area contributed by atoms with Crippen molar-refractivity contribution in [3.05, 3.63) is 11.6 Å². The second kappa shape index (κ2) is 11.8. The lowest BCUT2D eigenvalue weighted by Gasteiger charge is -2.23. The number of aromatic nitrogens is 3. The van der Waals surface area contributed by atoms with E-state index in [-0.39, 0.29) is 36.8 Å². The summed E-state index contributed by atoms with van der Waals surface area (Å²) in [6.45, 7) is 5.28. The molecular weight excluding hydrogens is 373 g/mol. The molecule has 6 nitrogen and oxygen atoms in total. The van der Waals surface area contributed by atoms with Crippen LogP contribution in [0.4, 0.5) is 0 Å². The summed E-state index contributed by atoms with van der Waals surface area (Å²) in [5.74, 6) is 2.89. The van der Waals surface area contributed by atoms with Crippen LogP contribution in [0.3, 0.4) is 0 Å². The van der Waals surface area contributed by atoms with Crippen molar-refractivity contribution < 1.29 is 4.79 Å². The van der Waals surface area contributed by atoms with E-state index in [4.69, 9.17) is 0 Å². The van der Waals surface area contributed by atoms with Gasteiger partial charge in [-0.05, 0) is 57.5 Å². The summed E-state index contributed by atoms with van der Waals surface area (Å²) >= 11 is 0. The van der Waals surface area contributed by atoms with E-state index in [0.29, 0.717) is 12.3 Å². The number of halogens is 2. The molecular formula is C18H33Cl2N5O. The summed E-state index contributed by atoms with van der Waals surface area (Å²) in [7, 11) is 0. The van der Waals surface area contributed by atoms with Gasteiger partial charge in [0.05, 0.1) is 6.04 Å². The Morgan fingerprint density at radius 2 is 2.00 bits per heavy atom. The van der Waals surface area contributed by atoms with Gasteiger partial charge in [0.2, 0.25) is 5.91 Å². The Labute approximate surface area is 169 Å². The van der Waals surface area contributed by atoms with Gasteiger partial charge in [-0.25, -0.2) is 0 Å². The molecule has 2 N–H and O–H groups in total. The number of nitrogens with one attached hydrogen (secondary N) is 2. The van der Waals surface area contributed by atoms with Gasteiger partial charge in [-0.2, -0.15) is 0 Å². The normalized spacial score (nSPS) is 18.7. The lowest BCUT2D eigenvalue weighted by atomic mass is 9.93. The highest BCUT2D eigenvalue weighted by Crippen LogP contribution is 2.22. The van der Waals surface area contributed by atoms with Gasteiger partial charge < -0.3 is 15.2 Å². The van der Waals surface area contributed by atoms with Crippen LogP contribution >= 0.6 is 24.8 Å². The molecule has 2 aliphatic rings. The molecule has 0 radical (unpaired) electrons. The third-order valence-electron chi connectivity index (χ3n) is 5.43. The standard InChI is InChI=1S/C18H31N5O.2ClH/c1-2-15(18-22-21-16-6-4-3-5-13-23(16)18)20-17(24)8-7-14-9-11-19-12-10-14;;/h14-15,19H,2-13H2,1H3,(H,20,24);2*1H. The van der Waals surface area contributed by atoms with E-state index >= 15 is 0 Å². The van der Waals surface area contributed by atoms with Crippen LogP contribution in [0.5, 0.6) is 0 Å². The number of hydrogen-bond acceptors (Lipinski definition) is 4. The molecule has 2 aliphatic heterocycles. The van der Waals surface area contributed by atoms with Crippen molar-refractivity contribution in [1.82, 2.24) is 25.4 Å². The topological polar surface area (TPSA) is 71.8 Å². The minimum atomic E-state index is -0.00938. The minimum Gasteiger partial charge on any atom is -0.346 e. The Hall–Kier alpha value is -0.850. The second-order valence-corrected chi connectivity index (χ2v) is 7.20. The Morgan fingerprint density at radius 3 is 2.73 bits per heavy atom. The molecule has 1 saturated heterocycles. The first-order valence-electron chi connectivity index (χ1n) is 9.70. The molecule has 1 atom stereocenters. The molecule has 0 saturated carbocycles. The van der Waals surface area contributed by atoms with E-state index in [9.17, 15) is 4.79 Å². The number of carbonyl (C=O) groups is 1. The summed E-state index contributed by atoms with van der Waals surface area (Å²) < 4.78 is 2.24. The third kappa shape index (κ3) is 6.10. The fourth-order valence-electron chi connectivity index (χ4n) is 3.89. The Kier molecular flexibility index (Phi) is 10.5. The van der Waals surface area contributed by atoms with Crippen LogP contribution in [0.25, 0.3) is 0 Å². The van der Waals surface area contributed by atoms with Gasteiger partial charge in [-0.1, -0.05) is 13.3 Å². The van der Waals surface area contributed by atoms with Crippen molar-refractivity contribution >= 4 is 30.7 Å². The number of nitrogens with zero attached hydrogens (tertiary/aromatic N) is 3. The van der Waals surface area contributed by atoms with Gasteiger partial charge in [-0.3, -0.25) is 4.79 Å². The summed E-state index contributed by atoms with van der Waals surface area (Å²) in [4.78, 5) is 12.4. The van der Waals surface area contributed by atoms with Crippen molar-refractivity contribution in [3.63, 3.8) is 0 Å². The zero-order valence-electron chi connectivity index (χ0n) is 15.7. The largest absolute Gasteiger partial charge is 0.346 e. The Balaban J connectivity index is 0.00000169. The van der Waals surface area contributed by atoms with E-state index in [1.807, 2.05) is 0 Å². The summed E-state index contributed by atoms with van der Waals surface area (Å²) in [6, 6.07) is -0.00938. The lowest BCUT2D eigenvalue weighted by Crippen LogP contribution is -2.32. The first-order valence-corrected chi connectivity index (χ1v) is 9.70. The first kappa shape index (κ1) is 23.2. The van der Waals surface area contributed by atoms with Crippen LogP contribution in [0.1, 0.15) is 76.0 Å². The van der Waals surface area contributed by atoms with Crippen LogP contribution in [0, 0.1) is 5.92 Å². The van der Waals surface area contributed by atoms with Crippen LogP contribution in [-0.2, 0) is 17.8 Å². The smallest absolute Gasteiger partial charge is 0.220 e. The molecule has 0 bridgehead atoms. The maximum Gasteiger partial charge on any atom is 0.220 e. The van der Waals surface area contributed by atoms with Gasteiger partial charge in [0.25, 0.3) is 0 Å². The number of aryl methyl sites for hydroxylation is 1. The van der Waals surface area contributed by atoms with E-state index in [1.54, 1.807) is 0 Å². The highest BCUT2D eigenvalue weighted by atomic mass is 35.5. The molecule has 3 heterocycles. The minimum absolute atomic E-state index is 0. The predicted molar refractivity (Wildman–Crippen MR) is 108 cm³/mol. The Bertz CT molecular complexity index is 546. The van der Waals surface area contributed by atoms with E-state index < -0.39 is 0 Å². The molecule has 150 valence electrons. The summed E-state index contributed by atoms with van der Waals surface area (Å²) in [5, 5.41) is 15.3. The molecule has 1 unspecified atom stereocenters. The summed E-state index contributed by atoms with van der Waals surface area (Å²) in [5.41, 5.74) is 0. The molecule has 1 aromatic heterocycles. The molecule has 0 aliphatic carbocycles. The van der Waals surface area contributed by atoms with Crippen molar-refractivity contribution in [2.45, 2.75) is 77.3 Å². The molecule has 0 spiro atoms. The van der Waals surface area contributed by atoms with Crippen LogP contribution < -0.4 is 10.6 Å². The highest BCUT2D eigenvalue weighted by molar-refractivity contribution is 5.85. The van der Waals surface area contributed by atoms with Gasteiger partial charge in [0, 0.05) is 19.4 Å². The number of carbonyl (C=O) groups excluding carboxylic acids is 1. The lowest BCUT2D eigenvalue weighted by molar-refractivity contribution is -0.122. The highest BCUT2D eigenvalue weighted by Gasteiger charge is 2.23. The van der Waals surface area contributed by atoms with Gasteiger partial charge in [0.15, 0.2) is 5.82 Å². The maximum absolute atomic E-state index is 12.4. The van der Waals surface area contributed by atoms with Gasteiger partial charge in [-0.15, -0.1) is 35.0 Å². The van der Waals surface area contributed by atoms with Crippen molar-refractivity contribution in [1.29, 1.82) is 0 Å². The summed E-state index contributed by atoms with van der Waals surface area (Å²) in [6.07, 6.45) is 9.51. The molecule has 1 amide bonds. The average molecular weight is 406 g/mol. The monoisotopic (exact) mass is 405 g/mol. The fraction of sp³-hybridized carbons (Fsp3) is 0.833. The molecule has 26 heavy (non-hydrogen) atoms. The number of amides is 1. The van der Waals surface area contributed by atoms with Crippen molar-refractivity contribution in [3.8, 4) is 0 Å². The number of rotatable bonds is 6. The first-order chi connectivity index (χ1) is 11.8. The molecule has 3 rings (SSSR count). The van der Waals surface area contributed by atoms with E-state index in [1.165, 1.54) is 32.1 Å². The zero-order valence-corrected chi connectivity index (χ0v) is 17.3. The van der Waals surface area contributed by atoms with Crippen LogP contribution in [0.15, 0.2) is 0 Å². The average Bonchev–Trinajstić information content (AvgIpc) is 2.86. The Morgan fingerprint density at radius 1 is 1.23 bits per heavy atom. The molecule has 0 aromatic carbocycles. The SMILES string of the molecule is CCC(NC(=O)CCC1CCNCC1)c1nnc2n1CCCCC2.Cl.Cl. The number of hydrogen-bond donors (Lipinski definition) is 2. The zero-order chi connectivity index (χ0) is 16.8. The quantitative estimate of drug-likeness (QED) is 0.761. The van der Waals surface area contributed by atoms with Crippen LogP contribution in [-0.4, -0.2) is 33.8 Å². The maximum atomic E-state index is 12.4. The van der Waals surface area contributed by atoms with Crippen LogP contribution in [0.2, 0.25) is 0 Å². The fourth-order valence-corrected chi connectivity index (χ4v) is 3.89. The second-order valence-electron chi connectivity index (χ2n) is 7.20. The number of piperidine rings is 1. The molecule has 8 heteroatoms. The molecule has 1 fully saturated rings. The van der Waals surface area contributed by atoms with Gasteiger partial charge >= 0.3 is 0 Å². The van der Waals surface area contributed by atoms with E-state index in [2.05, 4.69) is 32.3 Å². The molecule has 1 aromatic rings. The van der Waals surface area contributed by atoms with Crippen molar-refractivity contribution in [2.75, 3.05) is 13.1 Å². The number of fused-ring (bicyclic) bond motifs is 1. The predicted octanol–water partition coefficient (Wildman–Crippen LogP) is 3.20. The van der Waals surface area contributed by atoms with Crippen molar-refractivity contribution in [2.24, 2.45) is 5.92 Å².